The zero-order valence-electron chi connectivity index (χ0n) is 8.39. The monoisotopic (exact) mass is 236 g/mol. The van der Waals surface area contributed by atoms with E-state index in [0.717, 1.165) is 12.2 Å². The summed E-state index contributed by atoms with van der Waals surface area (Å²) in [7, 11) is 0. The molecule has 0 saturated heterocycles. The maximum Gasteiger partial charge on any atom is 0.241 e. The van der Waals surface area contributed by atoms with Gasteiger partial charge in [-0.3, -0.25) is 0 Å². The number of aromatic nitrogens is 2. The van der Waals surface area contributed by atoms with Crippen molar-refractivity contribution in [2.24, 2.45) is 0 Å². The molecule has 1 aliphatic rings. The van der Waals surface area contributed by atoms with Crippen molar-refractivity contribution in [1.29, 1.82) is 0 Å². The number of ether oxygens (including phenoxy) is 1. The number of para-hydroxylation sites is 1. The van der Waals surface area contributed by atoms with Gasteiger partial charge >= 0.3 is 0 Å². The molecule has 82 valence electrons. The lowest BCUT2D eigenvalue weighted by atomic mass is 10.1. The second kappa shape index (κ2) is 3.79. The Labute approximate surface area is 97.2 Å². The minimum Gasteiger partial charge on any atom is -0.482 e. The standard InChI is InChI=1S/C11H9ClN2O2/c12-6-10-13-11(14-16-10)9-5-7-3-1-2-4-8(7)15-9/h1-4,9H,5-6H2. The van der Waals surface area contributed by atoms with Crippen LogP contribution in [0.15, 0.2) is 28.8 Å². The van der Waals surface area contributed by atoms with Gasteiger partial charge in [0, 0.05) is 6.42 Å². The van der Waals surface area contributed by atoms with E-state index in [1.54, 1.807) is 0 Å². The van der Waals surface area contributed by atoms with E-state index in [1.807, 2.05) is 24.3 Å². The molecule has 5 heteroatoms. The number of hydrogen-bond acceptors (Lipinski definition) is 4. The van der Waals surface area contributed by atoms with Crippen LogP contribution in [0.2, 0.25) is 0 Å². The molecule has 0 amide bonds. The highest BCUT2D eigenvalue weighted by Crippen LogP contribution is 2.35. The summed E-state index contributed by atoms with van der Waals surface area (Å²) in [6.07, 6.45) is 0.621. The number of fused-ring (bicyclic) bond motifs is 1. The SMILES string of the molecule is ClCc1nc(C2Cc3ccccc3O2)no1. The number of benzene rings is 1. The van der Waals surface area contributed by atoms with E-state index in [-0.39, 0.29) is 12.0 Å². The summed E-state index contributed by atoms with van der Waals surface area (Å²) in [6, 6.07) is 7.92. The predicted octanol–water partition coefficient (Wildman–Crippen LogP) is 2.48. The van der Waals surface area contributed by atoms with Gasteiger partial charge in [-0.25, -0.2) is 0 Å². The highest BCUT2D eigenvalue weighted by atomic mass is 35.5. The molecule has 0 saturated carbocycles. The summed E-state index contributed by atoms with van der Waals surface area (Å²) < 4.78 is 10.7. The summed E-state index contributed by atoms with van der Waals surface area (Å²) in [5, 5.41) is 3.86. The second-order valence-electron chi connectivity index (χ2n) is 3.60. The minimum absolute atomic E-state index is 0.155. The quantitative estimate of drug-likeness (QED) is 0.752. The first-order valence-electron chi connectivity index (χ1n) is 5.00. The number of rotatable bonds is 2. The minimum atomic E-state index is -0.155. The molecule has 0 fully saturated rings. The summed E-state index contributed by atoms with van der Waals surface area (Å²) >= 11 is 5.60. The molecule has 16 heavy (non-hydrogen) atoms. The Morgan fingerprint density at radius 2 is 2.25 bits per heavy atom. The maximum atomic E-state index is 5.72. The van der Waals surface area contributed by atoms with Crippen molar-refractivity contribution in [3.63, 3.8) is 0 Å². The molecule has 0 bridgehead atoms. The lowest BCUT2D eigenvalue weighted by Crippen LogP contribution is -2.05. The maximum absolute atomic E-state index is 5.72. The molecule has 4 nitrogen and oxygen atoms in total. The number of halogens is 1. The topological polar surface area (TPSA) is 48.2 Å². The van der Waals surface area contributed by atoms with Gasteiger partial charge in [-0.1, -0.05) is 23.4 Å². The first kappa shape index (κ1) is 9.66. The van der Waals surface area contributed by atoms with Crippen LogP contribution in [-0.2, 0) is 12.3 Å². The van der Waals surface area contributed by atoms with E-state index in [4.69, 9.17) is 20.9 Å². The largest absolute Gasteiger partial charge is 0.482 e. The van der Waals surface area contributed by atoms with Crippen molar-refractivity contribution in [2.45, 2.75) is 18.4 Å². The summed E-state index contributed by atoms with van der Waals surface area (Å²) in [5.41, 5.74) is 1.17. The van der Waals surface area contributed by atoms with Gasteiger partial charge in [-0.2, -0.15) is 4.98 Å². The molecule has 0 radical (unpaired) electrons. The molecule has 0 aliphatic carbocycles. The molecular weight excluding hydrogens is 228 g/mol. The Morgan fingerprint density at radius 1 is 1.38 bits per heavy atom. The Kier molecular flexibility index (Phi) is 2.29. The van der Waals surface area contributed by atoms with Gasteiger partial charge in [0.1, 0.15) is 11.6 Å². The van der Waals surface area contributed by atoms with Crippen molar-refractivity contribution in [2.75, 3.05) is 0 Å². The van der Waals surface area contributed by atoms with Crippen LogP contribution in [0.5, 0.6) is 5.75 Å². The lowest BCUT2D eigenvalue weighted by molar-refractivity contribution is 0.221. The van der Waals surface area contributed by atoms with Crippen LogP contribution in [0.3, 0.4) is 0 Å². The fourth-order valence-electron chi connectivity index (χ4n) is 1.78. The third-order valence-corrected chi connectivity index (χ3v) is 2.76. The molecule has 3 rings (SSSR count). The van der Waals surface area contributed by atoms with Crippen LogP contribution in [-0.4, -0.2) is 10.1 Å². The molecule has 0 spiro atoms. The number of alkyl halides is 1. The van der Waals surface area contributed by atoms with Crippen molar-refractivity contribution in [3.05, 3.63) is 41.5 Å². The lowest BCUT2D eigenvalue weighted by Gasteiger charge is -2.04. The molecular formula is C11H9ClN2O2. The van der Waals surface area contributed by atoms with Crippen LogP contribution >= 0.6 is 11.6 Å². The average Bonchev–Trinajstić information content (AvgIpc) is 2.95. The van der Waals surface area contributed by atoms with Gasteiger partial charge in [0.2, 0.25) is 11.7 Å². The molecule has 1 aliphatic heterocycles. The molecule has 2 heterocycles. The van der Waals surface area contributed by atoms with Gasteiger partial charge in [0.05, 0.1) is 0 Å². The van der Waals surface area contributed by atoms with Gasteiger partial charge < -0.3 is 9.26 Å². The fourth-order valence-corrected chi connectivity index (χ4v) is 1.89. The van der Waals surface area contributed by atoms with Crippen LogP contribution in [0.25, 0.3) is 0 Å². The highest BCUT2D eigenvalue weighted by molar-refractivity contribution is 6.16. The summed E-state index contributed by atoms with van der Waals surface area (Å²) in [5.74, 6) is 2.11. The van der Waals surface area contributed by atoms with E-state index < -0.39 is 0 Å². The molecule has 1 atom stereocenters. The first-order chi connectivity index (χ1) is 7.86. The van der Waals surface area contributed by atoms with Crippen LogP contribution < -0.4 is 4.74 Å². The predicted molar refractivity (Wildman–Crippen MR) is 57.4 cm³/mol. The Balaban J connectivity index is 1.85. The smallest absolute Gasteiger partial charge is 0.241 e. The van der Waals surface area contributed by atoms with E-state index in [0.29, 0.717) is 11.7 Å². The Bertz CT molecular complexity index is 487. The zero-order chi connectivity index (χ0) is 11.0. The second-order valence-corrected chi connectivity index (χ2v) is 3.87. The van der Waals surface area contributed by atoms with E-state index >= 15 is 0 Å². The van der Waals surface area contributed by atoms with E-state index in [1.165, 1.54) is 5.56 Å². The van der Waals surface area contributed by atoms with Crippen molar-refractivity contribution in [3.8, 4) is 5.75 Å². The van der Waals surface area contributed by atoms with E-state index in [2.05, 4.69) is 10.1 Å². The van der Waals surface area contributed by atoms with Crippen molar-refractivity contribution < 1.29 is 9.26 Å². The highest BCUT2D eigenvalue weighted by Gasteiger charge is 2.27. The van der Waals surface area contributed by atoms with Crippen LogP contribution in [0, 0.1) is 0 Å². The van der Waals surface area contributed by atoms with Gasteiger partial charge in [-0.05, 0) is 11.6 Å². The third kappa shape index (κ3) is 1.55. The summed E-state index contributed by atoms with van der Waals surface area (Å²) in [4.78, 5) is 4.16. The average molecular weight is 237 g/mol. The van der Waals surface area contributed by atoms with E-state index in [9.17, 15) is 0 Å². The normalized spacial score (nSPS) is 18.2. The number of nitrogens with zero attached hydrogens (tertiary/aromatic N) is 2. The summed E-state index contributed by atoms with van der Waals surface area (Å²) in [6.45, 7) is 0. The van der Waals surface area contributed by atoms with Gasteiger partial charge in [0.25, 0.3) is 0 Å². The van der Waals surface area contributed by atoms with Gasteiger partial charge in [-0.15, -0.1) is 11.6 Å². The van der Waals surface area contributed by atoms with Gasteiger partial charge in [0.15, 0.2) is 6.10 Å². The van der Waals surface area contributed by atoms with Crippen molar-refractivity contribution in [1.82, 2.24) is 10.1 Å². The molecule has 1 aromatic heterocycles. The zero-order valence-corrected chi connectivity index (χ0v) is 9.15. The Hall–Kier alpha value is -1.55. The molecule has 1 aromatic carbocycles. The van der Waals surface area contributed by atoms with Crippen LogP contribution in [0.4, 0.5) is 0 Å². The fraction of sp³-hybridized carbons (Fsp3) is 0.273. The molecule has 1 unspecified atom stereocenters. The van der Waals surface area contributed by atoms with Crippen molar-refractivity contribution >= 4 is 11.6 Å². The molecule has 2 aromatic rings. The molecule has 0 N–H and O–H groups in total. The number of hydrogen-bond donors (Lipinski definition) is 0. The van der Waals surface area contributed by atoms with Crippen LogP contribution in [0.1, 0.15) is 23.4 Å². The third-order valence-electron chi connectivity index (χ3n) is 2.53. The Morgan fingerprint density at radius 3 is 3.00 bits per heavy atom. The first-order valence-corrected chi connectivity index (χ1v) is 5.53.